The molecule has 0 fully saturated rings. The van der Waals surface area contributed by atoms with Crippen LogP contribution in [0.3, 0.4) is 0 Å². The number of carbonyl (C=O) groups excluding carboxylic acids is 1. The Bertz CT molecular complexity index is 1180. The average molecular weight is 421 g/mol. The van der Waals surface area contributed by atoms with E-state index in [0.717, 1.165) is 0 Å². The van der Waals surface area contributed by atoms with Crippen molar-refractivity contribution in [3.05, 3.63) is 41.6 Å². The van der Waals surface area contributed by atoms with Crippen LogP contribution in [0.2, 0.25) is 0 Å². The molecule has 1 heterocycles. The Balaban J connectivity index is 2.25. The van der Waals surface area contributed by atoms with Crippen LogP contribution in [0.25, 0.3) is 10.9 Å². The maximum atomic E-state index is 13.2. The van der Waals surface area contributed by atoms with Gasteiger partial charge in [-0.05, 0) is 24.3 Å². The largest absolute Gasteiger partial charge is 0.497 e. The van der Waals surface area contributed by atoms with Gasteiger partial charge in [-0.1, -0.05) is 0 Å². The summed E-state index contributed by atoms with van der Waals surface area (Å²) in [4.78, 5) is 13.2. The second kappa shape index (κ2) is 7.60. The van der Waals surface area contributed by atoms with Crippen molar-refractivity contribution in [1.29, 1.82) is 0 Å². The van der Waals surface area contributed by atoms with Gasteiger partial charge in [0.25, 0.3) is 0 Å². The van der Waals surface area contributed by atoms with Crippen LogP contribution in [-0.4, -0.2) is 51.8 Å². The minimum absolute atomic E-state index is 0.106. The lowest BCUT2D eigenvalue weighted by molar-refractivity contribution is 0.103. The fourth-order valence-corrected chi connectivity index (χ4v) is 3.53. The molecule has 1 aromatic heterocycles. The SMILES string of the molecule is COc1ccc2c(C(=O)c3cc(OC)c(OC)c(OC)c3)nn(S(N)(=O)=O)c2c1. The van der Waals surface area contributed by atoms with E-state index in [1.165, 1.54) is 52.7 Å². The second-order valence-corrected chi connectivity index (χ2v) is 7.24. The Hall–Kier alpha value is -3.31. The molecule has 0 amide bonds. The summed E-state index contributed by atoms with van der Waals surface area (Å²) in [7, 11) is 1.45. The van der Waals surface area contributed by atoms with Crippen molar-refractivity contribution in [2.45, 2.75) is 0 Å². The van der Waals surface area contributed by atoms with Gasteiger partial charge in [-0.2, -0.15) is 13.5 Å². The third-order valence-electron chi connectivity index (χ3n) is 4.24. The molecule has 0 aliphatic carbocycles. The van der Waals surface area contributed by atoms with Gasteiger partial charge in [0.05, 0.1) is 34.0 Å². The molecular formula is C18H19N3O7S. The molecule has 0 saturated heterocycles. The fourth-order valence-electron chi connectivity index (χ4n) is 2.91. The Morgan fingerprint density at radius 2 is 1.59 bits per heavy atom. The summed E-state index contributed by atoms with van der Waals surface area (Å²) in [6.45, 7) is 0. The number of carbonyl (C=O) groups is 1. The van der Waals surface area contributed by atoms with Crippen LogP contribution >= 0.6 is 0 Å². The summed E-state index contributed by atoms with van der Waals surface area (Å²) >= 11 is 0. The number of ether oxygens (including phenoxy) is 4. The van der Waals surface area contributed by atoms with E-state index in [2.05, 4.69) is 5.10 Å². The molecule has 2 aromatic carbocycles. The summed E-state index contributed by atoms with van der Waals surface area (Å²) in [6, 6.07) is 7.46. The smallest absolute Gasteiger partial charge is 0.318 e. The Labute approximate surface area is 166 Å². The summed E-state index contributed by atoms with van der Waals surface area (Å²) in [6.07, 6.45) is 0. The molecule has 2 N–H and O–H groups in total. The number of methoxy groups -OCH3 is 4. The number of hydrogen-bond acceptors (Lipinski definition) is 8. The van der Waals surface area contributed by atoms with Crippen molar-refractivity contribution in [2.75, 3.05) is 28.4 Å². The maximum absolute atomic E-state index is 13.2. The minimum atomic E-state index is -4.26. The van der Waals surface area contributed by atoms with E-state index >= 15 is 0 Å². The van der Waals surface area contributed by atoms with Crippen molar-refractivity contribution in [1.82, 2.24) is 9.19 Å². The van der Waals surface area contributed by atoms with Gasteiger partial charge in [-0.3, -0.25) is 4.79 Å². The van der Waals surface area contributed by atoms with Gasteiger partial charge in [0.15, 0.2) is 11.5 Å². The van der Waals surface area contributed by atoms with Crippen LogP contribution in [-0.2, 0) is 10.2 Å². The lowest BCUT2D eigenvalue weighted by Crippen LogP contribution is -2.23. The highest BCUT2D eigenvalue weighted by atomic mass is 32.2. The third-order valence-corrected chi connectivity index (χ3v) is 5.00. The molecule has 3 rings (SSSR count). The van der Waals surface area contributed by atoms with E-state index in [0.29, 0.717) is 21.0 Å². The molecule has 0 atom stereocenters. The first-order valence-electron chi connectivity index (χ1n) is 8.20. The molecule has 0 aliphatic heterocycles. The number of hydrogen-bond donors (Lipinski definition) is 1. The first kappa shape index (κ1) is 20.4. The van der Waals surface area contributed by atoms with Crippen LogP contribution < -0.4 is 24.1 Å². The standard InChI is InChI=1S/C18H19N3O7S/c1-25-11-5-6-12-13(9-11)21(29(19,23)24)20-16(12)17(22)10-7-14(26-2)18(28-4)15(8-10)27-3/h5-9H,1-4H3,(H2,19,23,24). The van der Waals surface area contributed by atoms with Crippen molar-refractivity contribution in [2.24, 2.45) is 5.14 Å². The molecular weight excluding hydrogens is 402 g/mol. The van der Waals surface area contributed by atoms with Crippen LogP contribution in [0, 0.1) is 0 Å². The molecule has 11 heteroatoms. The van der Waals surface area contributed by atoms with Gasteiger partial charge in [0.1, 0.15) is 11.4 Å². The van der Waals surface area contributed by atoms with Crippen LogP contribution in [0.5, 0.6) is 23.0 Å². The number of fused-ring (bicyclic) bond motifs is 1. The highest BCUT2D eigenvalue weighted by Crippen LogP contribution is 2.39. The first-order valence-corrected chi connectivity index (χ1v) is 9.70. The van der Waals surface area contributed by atoms with Gasteiger partial charge in [-0.15, -0.1) is 4.09 Å². The fraction of sp³-hybridized carbons (Fsp3) is 0.222. The van der Waals surface area contributed by atoms with Gasteiger partial charge in [0.2, 0.25) is 11.5 Å². The summed E-state index contributed by atoms with van der Waals surface area (Å²) in [5, 5.41) is 9.50. The van der Waals surface area contributed by atoms with Crippen molar-refractivity contribution in [3.8, 4) is 23.0 Å². The number of ketones is 1. The average Bonchev–Trinajstić information content (AvgIpc) is 3.11. The molecule has 0 aliphatic rings. The Morgan fingerprint density at radius 1 is 0.966 bits per heavy atom. The van der Waals surface area contributed by atoms with E-state index in [-0.39, 0.29) is 28.3 Å². The van der Waals surface area contributed by atoms with E-state index in [1.807, 2.05) is 0 Å². The molecule has 0 saturated carbocycles. The van der Waals surface area contributed by atoms with E-state index in [9.17, 15) is 13.2 Å². The van der Waals surface area contributed by atoms with E-state index in [1.54, 1.807) is 6.07 Å². The van der Waals surface area contributed by atoms with Crippen LogP contribution in [0.1, 0.15) is 16.1 Å². The van der Waals surface area contributed by atoms with Crippen LogP contribution in [0.4, 0.5) is 0 Å². The number of nitrogens with two attached hydrogens (primary N) is 1. The van der Waals surface area contributed by atoms with Crippen molar-refractivity contribution in [3.63, 3.8) is 0 Å². The lowest BCUT2D eigenvalue weighted by Gasteiger charge is -2.13. The van der Waals surface area contributed by atoms with E-state index < -0.39 is 16.0 Å². The van der Waals surface area contributed by atoms with Crippen molar-refractivity contribution < 1.29 is 32.2 Å². The second-order valence-electron chi connectivity index (χ2n) is 5.86. The number of aromatic nitrogens is 2. The molecule has 0 bridgehead atoms. The lowest BCUT2D eigenvalue weighted by atomic mass is 10.0. The molecule has 0 radical (unpaired) electrons. The molecule has 3 aromatic rings. The number of nitrogens with zero attached hydrogens (tertiary/aromatic N) is 2. The molecule has 0 spiro atoms. The predicted molar refractivity (Wildman–Crippen MR) is 104 cm³/mol. The van der Waals surface area contributed by atoms with Gasteiger partial charge in [-0.25, -0.2) is 5.14 Å². The summed E-state index contributed by atoms with van der Waals surface area (Å²) in [5.74, 6) is 0.686. The molecule has 154 valence electrons. The van der Waals surface area contributed by atoms with Crippen molar-refractivity contribution >= 4 is 26.9 Å². The highest BCUT2D eigenvalue weighted by molar-refractivity contribution is 7.87. The zero-order valence-corrected chi connectivity index (χ0v) is 16.9. The maximum Gasteiger partial charge on any atom is 0.318 e. The number of benzene rings is 2. The van der Waals surface area contributed by atoms with Gasteiger partial charge < -0.3 is 18.9 Å². The molecule has 10 nitrogen and oxygen atoms in total. The summed E-state index contributed by atoms with van der Waals surface area (Å²) in [5.41, 5.74) is 0.171. The Kier molecular flexibility index (Phi) is 5.36. The van der Waals surface area contributed by atoms with Gasteiger partial charge >= 0.3 is 10.2 Å². The topological polar surface area (TPSA) is 132 Å². The highest BCUT2D eigenvalue weighted by Gasteiger charge is 2.25. The summed E-state index contributed by atoms with van der Waals surface area (Å²) < 4.78 is 45.4. The third kappa shape index (κ3) is 3.57. The normalized spacial score (nSPS) is 11.3. The van der Waals surface area contributed by atoms with E-state index in [4.69, 9.17) is 24.1 Å². The predicted octanol–water partition coefficient (Wildman–Crippen LogP) is 1.35. The Morgan fingerprint density at radius 3 is 2.07 bits per heavy atom. The quantitative estimate of drug-likeness (QED) is 0.566. The minimum Gasteiger partial charge on any atom is -0.497 e. The van der Waals surface area contributed by atoms with Gasteiger partial charge in [0, 0.05) is 17.0 Å². The van der Waals surface area contributed by atoms with Crippen LogP contribution in [0.15, 0.2) is 30.3 Å². The molecule has 29 heavy (non-hydrogen) atoms. The first-order chi connectivity index (χ1) is 13.7. The number of rotatable bonds is 7. The monoisotopic (exact) mass is 421 g/mol. The zero-order valence-electron chi connectivity index (χ0n) is 16.1. The zero-order chi connectivity index (χ0) is 21.3. The molecule has 0 unspecified atom stereocenters.